The van der Waals surface area contributed by atoms with Crippen molar-refractivity contribution in [2.75, 3.05) is 0 Å². The molecule has 25 heavy (non-hydrogen) atoms. The Kier molecular flexibility index (Phi) is 5.66. The third-order valence-electron chi connectivity index (χ3n) is 8.00. The fraction of sp³-hybridized carbons (Fsp3) is 0.760. The minimum absolute atomic E-state index is 0.458. The molecular formula is C25H40. The van der Waals surface area contributed by atoms with Crippen molar-refractivity contribution in [1.82, 2.24) is 0 Å². The van der Waals surface area contributed by atoms with Crippen molar-refractivity contribution in [1.29, 1.82) is 0 Å². The third kappa shape index (κ3) is 3.83. The first-order valence-corrected chi connectivity index (χ1v) is 10.9. The second-order valence-electron chi connectivity index (χ2n) is 10.1. The zero-order valence-electron chi connectivity index (χ0n) is 17.6. The van der Waals surface area contributed by atoms with Gasteiger partial charge in [0.25, 0.3) is 0 Å². The van der Waals surface area contributed by atoms with Gasteiger partial charge in [-0.25, -0.2) is 0 Å². The quantitative estimate of drug-likeness (QED) is 0.428. The fourth-order valence-corrected chi connectivity index (χ4v) is 6.03. The van der Waals surface area contributed by atoms with E-state index in [1.54, 1.807) is 16.7 Å². The predicted octanol–water partition coefficient (Wildman–Crippen LogP) is 7.72. The second-order valence-corrected chi connectivity index (χ2v) is 10.1. The molecule has 3 aliphatic rings. The molecule has 0 amide bonds. The summed E-state index contributed by atoms with van der Waals surface area (Å²) >= 11 is 0. The van der Waals surface area contributed by atoms with Gasteiger partial charge in [0.1, 0.15) is 0 Å². The Hall–Kier alpha value is -0.780. The van der Waals surface area contributed by atoms with Gasteiger partial charge in [-0.2, -0.15) is 0 Å². The van der Waals surface area contributed by atoms with Crippen LogP contribution in [-0.2, 0) is 0 Å². The maximum Gasteiger partial charge on any atom is -0.0143 e. The Morgan fingerprint density at radius 2 is 1.84 bits per heavy atom. The molecule has 3 aliphatic carbocycles. The van der Waals surface area contributed by atoms with E-state index in [0.717, 1.165) is 29.6 Å². The van der Waals surface area contributed by atoms with Gasteiger partial charge in [0.05, 0.1) is 0 Å². The molecule has 0 heterocycles. The van der Waals surface area contributed by atoms with Crippen LogP contribution in [0.25, 0.3) is 0 Å². The average molecular weight is 341 g/mol. The Bertz CT molecular complexity index is 573. The van der Waals surface area contributed by atoms with Gasteiger partial charge in [0.2, 0.25) is 0 Å². The number of rotatable bonds is 1. The summed E-state index contributed by atoms with van der Waals surface area (Å²) in [4.78, 5) is 0. The Morgan fingerprint density at radius 3 is 2.56 bits per heavy atom. The summed E-state index contributed by atoms with van der Waals surface area (Å²) in [5.41, 5.74) is 5.46. The Labute approximate surface area is 156 Å². The molecule has 0 aliphatic heterocycles. The SMILES string of the molecule is CC1=C2\CCC(C)C2CC/C(C)=C/CC2(C)CCC(C(C)C)C2\C=C\1. The van der Waals surface area contributed by atoms with Gasteiger partial charge in [-0.05, 0) is 93.8 Å². The van der Waals surface area contributed by atoms with Crippen molar-refractivity contribution in [2.45, 2.75) is 86.5 Å². The van der Waals surface area contributed by atoms with E-state index < -0.39 is 0 Å². The highest BCUT2D eigenvalue weighted by Gasteiger charge is 2.44. The molecule has 0 radical (unpaired) electrons. The van der Waals surface area contributed by atoms with Gasteiger partial charge >= 0.3 is 0 Å². The third-order valence-corrected chi connectivity index (χ3v) is 8.00. The number of fused-ring (bicyclic) bond motifs is 2. The first-order valence-electron chi connectivity index (χ1n) is 10.9. The number of hydrogen-bond donors (Lipinski definition) is 0. The maximum atomic E-state index is 2.63. The maximum absolute atomic E-state index is 2.63. The van der Waals surface area contributed by atoms with E-state index in [1.165, 1.54) is 44.9 Å². The number of allylic oxidation sites excluding steroid dienone is 6. The van der Waals surface area contributed by atoms with E-state index in [1.807, 2.05) is 0 Å². The molecular weight excluding hydrogens is 300 g/mol. The summed E-state index contributed by atoms with van der Waals surface area (Å²) in [5, 5.41) is 0. The molecule has 2 fully saturated rings. The van der Waals surface area contributed by atoms with Crippen LogP contribution in [0.4, 0.5) is 0 Å². The summed E-state index contributed by atoms with van der Waals surface area (Å²) in [6, 6.07) is 0. The van der Waals surface area contributed by atoms with Crippen LogP contribution in [0.5, 0.6) is 0 Å². The molecule has 0 spiro atoms. The molecule has 2 saturated carbocycles. The molecule has 5 atom stereocenters. The van der Waals surface area contributed by atoms with E-state index >= 15 is 0 Å². The predicted molar refractivity (Wildman–Crippen MR) is 110 cm³/mol. The molecule has 0 aromatic carbocycles. The van der Waals surface area contributed by atoms with E-state index in [2.05, 4.69) is 59.8 Å². The van der Waals surface area contributed by atoms with E-state index in [0.29, 0.717) is 5.41 Å². The first kappa shape index (κ1) is 19.0. The molecule has 0 aromatic rings. The highest BCUT2D eigenvalue weighted by molar-refractivity contribution is 5.30. The molecule has 0 N–H and O–H groups in total. The van der Waals surface area contributed by atoms with Crippen LogP contribution in [0, 0.1) is 35.0 Å². The molecule has 0 heteroatoms. The van der Waals surface area contributed by atoms with Gasteiger partial charge in [-0.15, -0.1) is 0 Å². The minimum atomic E-state index is 0.458. The summed E-state index contributed by atoms with van der Waals surface area (Å²) in [7, 11) is 0. The van der Waals surface area contributed by atoms with Crippen molar-refractivity contribution in [3.8, 4) is 0 Å². The van der Waals surface area contributed by atoms with Crippen molar-refractivity contribution >= 4 is 0 Å². The zero-order chi connectivity index (χ0) is 18.2. The largest absolute Gasteiger partial charge is 0.0850 e. The smallest absolute Gasteiger partial charge is 0.0143 e. The summed E-state index contributed by atoms with van der Waals surface area (Å²) in [5.74, 6) is 4.08. The summed E-state index contributed by atoms with van der Waals surface area (Å²) < 4.78 is 0. The van der Waals surface area contributed by atoms with Gasteiger partial charge < -0.3 is 0 Å². The van der Waals surface area contributed by atoms with Crippen molar-refractivity contribution in [3.63, 3.8) is 0 Å². The highest BCUT2D eigenvalue weighted by atomic mass is 14.5. The first-order chi connectivity index (χ1) is 11.8. The van der Waals surface area contributed by atoms with Crippen molar-refractivity contribution in [3.05, 3.63) is 34.9 Å². The van der Waals surface area contributed by atoms with Crippen LogP contribution in [0.3, 0.4) is 0 Å². The highest BCUT2D eigenvalue weighted by Crippen LogP contribution is 2.53. The van der Waals surface area contributed by atoms with Gasteiger partial charge in [0.15, 0.2) is 0 Å². The molecule has 0 nitrogen and oxygen atoms in total. The fourth-order valence-electron chi connectivity index (χ4n) is 6.03. The lowest BCUT2D eigenvalue weighted by atomic mass is 9.71. The molecule has 3 rings (SSSR count). The van der Waals surface area contributed by atoms with Gasteiger partial charge in [-0.3, -0.25) is 0 Å². The van der Waals surface area contributed by atoms with Crippen LogP contribution in [-0.4, -0.2) is 0 Å². The Balaban J connectivity index is 1.99. The van der Waals surface area contributed by atoms with Crippen LogP contribution in [0.2, 0.25) is 0 Å². The Morgan fingerprint density at radius 1 is 1.08 bits per heavy atom. The normalized spacial score (nSPS) is 46.0. The standard InChI is InChI=1S/C25H40/c1-17(2)21-14-16-25(6)15-13-18(3)7-10-22-19(4)8-11-23(22)20(5)9-12-24(21)25/h9,12-13,17,19,21-22,24H,7-8,10-11,14-16H2,1-6H3/b12-9+,18-13+,23-20-. The molecule has 0 aromatic heterocycles. The lowest BCUT2D eigenvalue weighted by Crippen LogP contribution is -2.25. The average Bonchev–Trinajstić information content (AvgIpc) is 3.09. The number of hydrogen-bond acceptors (Lipinski definition) is 0. The van der Waals surface area contributed by atoms with Crippen LogP contribution in [0.15, 0.2) is 34.9 Å². The van der Waals surface area contributed by atoms with E-state index in [-0.39, 0.29) is 0 Å². The lowest BCUT2D eigenvalue weighted by Gasteiger charge is -2.33. The van der Waals surface area contributed by atoms with Crippen LogP contribution < -0.4 is 0 Å². The minimum Gasteiger partial charge on any atom is -0.0850 e. The molecule has 0 saturated heterocycles. The molecule has 0 bridgehead atoms. The van der Waals surface area contributed by atoms with E-state index in [9.17, 15) is 0 Å². The topological polar surface area (TPSA) is 0 Å². The summed E-state index contributed by atoms with van der Waals surface area (Å²) in [6.07, 6.45) is 17.2. The van der Waals surface area contributed by atoms with Crippen molar-refractivity contribution in [2.24, 2.45) is 35.0 Å². The van der Waals surface area contributed by atoms with Gasteiger partial charge in [0, 0.05) is 0 Å². The monoisotopic (exact) mass is 340 g/mol. The second kappa shape index (κ2) is 7.45. The molecule has 140 valence electrons. The molecule has 5 unspecified atom stereocenters. The summed E-state index contributed by atoms with van der Waals surface area (Å²) in [6.45, 7) is 14.7. The van der Waals surface area contributed by atoms with Crippen LogP contribution in [0.1, 0.15) is 86.5 Å². The van der Waals surface area contributed by atoms with E-state index in [4.69, 9.17) is 0 Å². The lowest BCUT2D eigenvalue weighted by molar-refractivity contribution is 0.215. The van der Waals surface area contributed by atoms with Crippen LogP contribution >= 0.6 is 0 Å². The zero-order valence-corrected chi connectivity index (χ0v) is 17.6. The van der Waals surface area contributed by atoms with Gasteiger partial charge in [-0.1, -0.05) is 62.6 Å². The van der Waals surface area contributed by atoms with Crippen molar-refractivity contribution < 1.29 is 0 Å².